The highest BCUT2D eigenvalue weighted by molar-refractivity contribution is 6.30. The lowest BCUT2D eigenvalue weighted by atomic mass is 9.91. The minimum atomic E-state index is -0.868. The van der Waals surface area contributed by atoms with Gasteiger partial charge in [0.25, 0.3) is 5.91 Å². The van der Waals surface area contributed by atoms with Crippen LogP contribution in [0.2, 0.25) is 5.02 Å². The van der Waals surface area contributed by atoms with Crippen molar-refractivity contribution in [3.8, 4) is 0 Å². The summed E-state index contributed by atoms with van der Waals surface area (Å²) in [6.07, 6.45) is 3.65. The van der Waals surface area contributed by atoms with Crippen molar-refractivity contribution in [3.05, 3.63) is 46.5 Å². The largest absolute Gasteiger partial charge is 0.365 e. The molecule has 0 radical (unpaired) electrons. The Balaban J connectivity index is 1.94. The summed E-state index contributed by atoms with van der Waals surface area (Å²) in [6, 6.07) is 4.51. The maximum Gasteiger partial charge on any atom is 0.252 e. The first-order valence-corrected chi connectivity index (χ1v) is 8.97. The highest BCUT2D eigenvalue weighted by Gasteiger charge is 2.24. The number of rotatable bonds is 5. The molecular weight excluding hydrogens is 376 g/mol. The zero-order valence-electron chi connectivity index (χ0n) is 14.4. The molecule has 1 heterocycles. The highest BCUT2D eigenvalue weighted by Crippen LogP contribution is 2.28. The quantitative estimate of drug-likeness (QED) is 0.619. The Morgan fingerprint density at radius 2 is 1.89 bits per heavy atom. The van der Waals surface area contributed by atoms with Gasteiger partial charge in [0.1, 0.15) is 11.6 Å². The van der Waals surface area contributed by atoms with E-state index < -0.39 is 17.5 Å². The van der Waals surface area contributed by atoms with E-state index in [4.69, 9.17) is 23.1 Å². The lowest BCUT2D eigenvalue weighted by Gasteiger charge is -2.30. The maximum absolute atomic E-state index is 14.5. The van der Waals surface area contributed by atoms with Crippen molar-refractivity contribution in [2.75, 3.05) is 10.6 Å². The van der Waals surface area contributed by atoms with Gasteiger partial charge in [0.2, 0.25) is 0 Å². The SMILES string of the molecule is NC(=O)c1cc(F)c(N[C@@H]2CCCC[C@@H]2N)nc1Nc1cc(F)cc(Cl)c1. The van der Waals surface area contributed by atoms with E-state index >= 15 is 0 Å². The number of nitrogens with one attached hydrogen (secondary N) is 2. The normalized spacial score (nSPS) is 19.6. The van der Waals surface area contributed by atoms with Crippen LogP contribution in [0, 0.1) is 11.6 Å². The molecule has 0 unspecified atom stereocenters. The molecule has 2 atom stereocenters. The summed E-state index contributed by atoms with van der Waals surface area (Å²) in [4.78, 5) is 15.8. The van der Waals surface area contributed by atoms with Crippen molar-refractivity contribution in [3.63, 3.8) is 0 Å². The van der Waals surface area contributed by atoms with E-state index in [1.165, 1.54) is 12.1 Å². The molecule has 1 aromatic heterocycles. The Morgan fingerprint density at radius 3 is 2.56 bits per heavy atom. The van der Waals surface area contributed by atoms with Crippen LogP contribution in [-0.2, 0) is 0 Å². The number of nitrogens with zero attached hydrogens (tertiary/aromatic N) is 1. The topological polar surface area (TPSA) is 106 Å². The van der Waals surface area contributed by atoms with Gasteiger partial charge in [-0.05, 0) is 37.1 Å². The molecule has 9 heteroatoms. The predicted octanol–water partition coefficient (Wildman–Crippen LogP) is 3.54. The monoisotopic (exact) mass is 395 g/mol. The number of anilines is 3. The molecule has 1 saturated carbocycles. The molecule has 1 aliphatic rings. The molecule has 1 fully saturated rings. The first-order valence-electron chi connectivity index (χ1n) is 8.59. The fraction of sp³-hybridized carbons (Fsp3) is 0.333. The van der Waals surface area contributed by atoms with Crippen LogP contribution in [-0.4, -0.2) is 23.0 Å². The van der Waals surface area contributed by atoms with Crippen LogP contribution in [0.1, 0.15) is 36.0 Å². The molecule has 0 bridgehead atoms. The van der Waals surface area contributed by atoms with E-state index in [1.807, 2.05) is 0 Å². The molecule has 0 saturated heterocycles. The minimum absolute atomic E-state index is 0.00236. The van der Waals surface area contributed by atoms with E-state index in [2.05, 4.69) is 15.6 Å². The number of pyridine rings is 1. The van der Waals surface area contributed by atoms with E-state index in [0.717, 1.165) is 37.8 Å². The molecule has 3 rings (SSSR count). The number of hydrogen-bond acceptors (Lipinski definition) is 5. The first-order chi connectivity index (χ1) is 12.8. The van der Waals surface area contributed by atoms with Gasteiger partial charge >= 0.3 is 0 Å². The van der Waals surface area contributed by atoms with Gasteiger partial charge in [-0.2, -0.15) is 0 Å². The molecule has 1 amide bonds. The molecule has 1 aromatic carbocycles. The number of hydrogen-bond donors (Lipinski definition) is 4. The molecule has 6 nitrogen and oxygen atoms in total. The number of carbonyl (C=O) groups is 1. The number of primary amides is 1. The highest BCUT2D eigenvalue weighted by atomic mass is 35.5. The summed E-state index contributed by atoms with van der Waals surface area (Å²) in [5, 5.41) is 5.95. The Labute approximate surface area is 160 Å². The van der Waals surface area contributed by atoms with Crippen LogP contribution >= 0.6 is 11.6 Å². The van der Waals surface area contributed by atoms with Gasteiger partial charge in [-0.25, -0.2) is 13.8 Å². The van der Waals surface area contributed by atoms with Crippen molar-refractivity contribution in [1.82, 2.24) is 4.98 Å². The zero-order valence-corrected chi connectivity index (χ0v) is 15.2. The third-order valence-electron chi connectivity index (χ3n) is 4.51. The third-order valence-corrected chi connectivity index (χ3v) is 4.73. The lowest BCUT2D eigenvalue weighted by molar-refractivity contribution is 0.100. The molecule has 6 N–H and O–H groups in total. The van der Waals surface area contributed by atoms with E-state index in [9.17, 15) is 13.6 Å². The molecule has 2 aromatic rings. The van der Waals surface area contributed by atoms with Crippen molar-refractivity contribution in [2.45, 2.75) is 37.8 Å². The summed E-state index contributed by atoms with van der Waals surface area (Å²) < 4.78 is 28.0. The average molecular weight is 396 g/mol. The van der Waals surface area contributed by atoms with Crippen molar-refractivity contribution in [1.29, 1.82) is 0 Å². The molecule has 0 aliphatic heterocycles. The fourth-order valence-corrected chi connectivity index (χ4v) is 3.37. The number of halogens is 3. The standard InChI is InChI=1S/C18H20ClF2N5O/c19-9-5-10(20)7-11(6-9)24-17-12(16(23)27)8-13(21)18(26-17)25-15-4-2-1-3-14(15)22/h5-8,14-15H,1-4,22H2,(H2,23,27)(H2,24,25,26)/t14-,15+/m0/s1. The number of aromatic nitrogens is 1. The van der Waals surface area contributed by atoms with Crippen LogP contribution in [0.3, 0.4) is 0 Å². The summed E-state index contributed by atoms with van der Waals surface area (Å²) in [6.45, 7) is 0. The van der Waals surface area contributed by atoms with Gasteiger partial charge in [0.15, 0.2) is 11.6 Å². The Morgan fingerprint density at radius 1 is 1.15 bits per heavy atom. The Hall–Kier alpha value is -2.45. The molecule has 27 heavy (non-hydrogen) atoms. The first kappa shape index (κ1) is 19.3. The summed E-state index contributed by atoms with van der Waals surface area (Å²) in [7, 11) is 0. The number of carbonyl (C=O) groups excluding carboxylic acids is 1. The van der Waals surface area contributed by atoms with Crippen LogP contribution < -0.4 is 22.1 Å². The fourth-order valence-electron chi connectivity index (χ4n) is 3.15. The Kier molecular flexibility index (Phi) is 5.76. The smallest absolute Gasteiger partial charge is 0.252 e. The molecule has 144 valence electrons. The summed E-state index contributed by atoms with van der Waals surface area (Å²) in [5.74, 6) is -2.21. The van der Waals surface area contributed by atoms with Gasteiger partial charge in [-0.1, -0.05) is 24.4 Å². The Bertz CT molecular complexity index is 844. The van der Waals surface area contributed by atoms with Crippen LogP contribution in [0.4, 0.5) is 26.1 Å². The van der Waals surface area contributed by atoms with Gasteiger partial charge in [0, 0.05) is 22.8 Å². The second kappa shape index (κ2) is 8.06. The van der Waals surface area contributed by atoms with Gasteiger partial charge in [-0.15, -0.1) is 0 Å². The number of amides is 1. The van der Waals surface area contributed by atoms with Crippen LogP contribution in [0.25, 0.3) is 0 Å². The molecule has 1 aliphatic carbocycles. The predicted molar refractivity (Wildman–Crippen MR) is 101 cm³/mol. The number of benzene rings is 1. The zero-order chi connectivity index (χ0) is 19.6. The second-order valence-electron chi connectivity index (χ2n) is 6.56. The lowest BCUT2D eigenvalue weighted by Crippen LogP contribution is -2.43. The van der Waals surface area contributed by atoms with Crippen LogP contribution in [0.5, 0.6) is 0 Å². The van der Waals surface area contributed by atoms with Gasteiger partial charge in [-0.3, -0.25) is 4.79 Å². The minimum Gasteiger partial charge on any atom is -0.365 e. The summed E-state index contributed by atoms with van der Waals surface area (Å²) in [5.41, 5.74) is 11.5. The van der Waals surface area contributed by atoms with E-state index in [1.54, 1.807) is 0 Å². The van der Waals surface area contributed by atoms with E-state index in [-0.39, 0.29) is 40.0 Å². The van der Waals surface area contributed by atoms with Crippen molar-refractivity contribution >= 4 is 34.8 Å². The number of nitrogens with two attached hydrogens (primary N) is 2. The maximum atomic E-state index is 14.5. The van der Waals surface area contributed by atoms with Gasteiger partial charge in [0.05, 0.1) is 5.56 Å². The van der Waals surface area contributed by atoms with Crippen LogP contribution in [0.15, 0.2) is 24.3 Å². The third kappa shape index (κ3) is 4.64. The van der Waals surface area contributed by atoms with E-state index in [0.29, 0.717) is 0 Å². The molecule has 0 spiro atoms. The average Bonchev–Trinajstić information content (AvgIpc) is 2.58. The van der Waals surface area contributed by atoms with Gasteiger partial charge < -0.3 is 22.1 Å². The van der Waals surface area contributed by atoms with Crippen molar-refractivity contribution < 1.29 is 13.6 Å². The second-order valence-corrected chi connectivity index (χ2v) is 7.00. The van der Waals surface area contributed by atoms with Crippen molar-refractivity contribution in [2.24, 2.45) is 11.5 Å². The molecular formula is C18H20ClF2N5O. The summed E-state index contributed by atoms with van der Waals surface area (Å²) >= 11 is 5.84.